The normalized spacial score (nSPS) is 23.1. The molecule has 0 radical (unpaired) electrons. The van der Waals surface area contributed by atoms with E-state index in [-0.39, 0.29) is 5.92 Å². The molecule has 0 amide bonds. The van der Waals surface area contributed by atoms with Crippen LogP contribution in [0.1, 0.15) is 44.3 Å². The number of likely N-dealkylation sites (N-methyl/N-ethyl adjacent to an activating group) is 1. The van der Waals surface area contributed by atoms with Gasteiger partial charge in [0.1, 0.15) is 5.76 Å². The van der Waals surface area contributed by atoms with Gasteiger partial charge in [0.25, 0.3) is 0 Å². The van der Waals surface area contributed by atoms with Crippen molar-refractivity contribution in [2.45, 2.75) is 45.1 Å². The van der Waals surface area contributed by atoms with E-state index in [9.17, 15) is 0 Å². The van der Waals surface area contributed by atoms with Gasteiger partial charge in [0, 0.05) is 24.9 Å². The highest BCUT2D eigenvalue weighted by molar-refractivity contribution is 5.02. The Kier molecular flexibility index (Phi) is 4.18. The Balaban J connectivity index is 1.96. The number of nitrogens with zero attached hydrogens (tertiary/aromatic N) is 2. The number of aromatic nitrogens is 1. The fraction of sp³-hybridized carbons (Fsp3) is 0.769. The lowest BCUT2D eigenvalue weighted by Gasteiger charge is -2.21. The summed E-state index contributed by atoms with van der Waals surface area (Å²) in [5.41, 5.74) is 5.62. The van der Waals surface area contributed by atoms with Gasteiger partial charge in [-0.3, -0.25) is 0 Å². The monoisotopic (exact) mass is 237 g/mol. The van der Waals surface area contributed by atoms with Crippen molar-refractivity contribution < 1.29 is 4.42 Å². The molecule has 1 aliphatic rings. The second-order valence-electron chi connectivity index (χ2n) is 4.92. The van der Waals surface area contributed by atoms with Crippen molar-refractivity contribution in [2.24, 2.45) is 5.73 Å². The van der Waals surface area contributed by atoms with E-state index in [0.717, 1.165) is 24.6 Å². The first-order chi connectivity index (χ1) is 8.24. The average Bonchev–Trinajstić information content (AvgIpc) is 2.97. The van der Waals surface area contributed by atoms with Gasteiger partial charge in [-0.25, -0.2) is 4.98 Å². The van der Waals surface area contributed by atoms with E-state index in [2.05, 4.69) is 23.7 Å². The molecular formula is C13H23N3O. The van der Waals surface area contributed by atoms with E-state index in [1.165, 1.54) is 19.4 Å². The van der Waals surface area contributed by atoms with Crippen LogP contribution >= 0.6 is 0 Å². The minimum absolute atomic E-state index is 0.266. The molecule has 1 fully saturated rings. The first-order valence-corrected chi connectivity index (χ1v) is 6.63. The van der Waals surface area contributed by atoms with Crippen molar-refractivity contribution >= 4 is 0 Å². The maximum absolute atomic E-state index is 5.77. The van der Waals surface area contributed by atoms with Crippen molar-refractivity contribution in [3.05, 3.63) is 17.8 Å². The third-order valence-electron chi connectivity index (χ3n) is 3.73. The van der Waals surface area contributed by atoms with Crippen LogP contribution in [0, 0.1) is 0 Å². The molecule has 1 aliphatic heterocycles. The van der Waals surface area contributed by atoms with Crippen LogP contribution in [0.2, 0.25) is 0 Å². The Labute approximate surface area is 103 Å². The SMILES string of the molecule is CCN1CCCC1Cc1ncc(C(C)CN)o1. The highest BCUT2D eigenvalue weighted by Gasteiger charge is 2.25. The summed E-state index contributed by atoms with van der Waals surface area (Å²) >= 11 is 0. The van der Waals surface area contributed by atoms with Gasteiger partial charge in [-0.1, -0.05) is 13.8 Å². The molecule has 4 heteroatoms. The van der Waals surface area contributed by atoms with E-state index >= 15 is 0 Å². The molecule has 4 nitrogen and oxygen atoms in total. The lowest BCUT2D eigenvalue weighted by atomic mass is 10.1. The maximum Gasteiger partial charge on any atom is 0.195 e. The van der Waals surface area contributed by atoms with E-state index in [0.29, 0.717) is 12.6 Å². The van der Waals surface area contributed by atoms with Crippen LogP contribution in [0.25, 0.3) is 0 Å². The standard InChI is InChI=1S/C13H23N3O/c1-3-16-6-4-5-11(16)7-13-15-9-12(17-13)10(2)8-14/h9-11H,3-8,14H2,1-2H3. The van der Waals surface area contributed by atoms with E-state index in [4.69, 9.17) is 10.2 Å². The molecule has 2 rings (SSSR count). The number of hydrogen-bond acceptors (Lipinski definition) is 4. The third kappa shape index (κ3) is 2.87. The Morgan fingerprint density at radius 1 is 1.65 bits per heavy atom. The summed E-state index contributed by atoms with van der Waals surface area (Å²) in [5, 5.41) is 0. The lowest BCUT2D eigenvalue weighted by molar-refractivity contribution is 0.252. The summed E-state index contributed by atoms with van der Waals surface area (Å²) < 4.78 is 5.77. The average molecular weight is 237 g/mol. The second-order valence-corrected chi connectivity index (χ2v) is 4.92. The summed E-state index contributed by atoms with van der Waals surface area (Å²) in [6.45, 7) is 7.23. The van der Waals surface area contributed by atoms with Crippen LogP contribution in [0.3, 0.4) is 0 Å². The molecule has 1 aromatic rings. The summed E-state index contributed by atoms with van der Waals surface area (Å²) in [5.74, 6) is 2.05. The van der Waals surface area contributed by atoms with Gasteiger partial charge < -0.3 is 15.1 Å². The van der Waals surface area contributed by atoms with Gasteiger partial charge in [0.05, 0.1) is 6.20 Å². The van der Waals surface area contributed by atoms with Crippen LogP contribution in [-0.2, 0) is 6.42 Å². The highest BCUT2D eigenvalue weighted by atomic mass is 16.4. The van der Waals surface area contributed by atoms with Gasteiger partial charge in [-0.05, 0) is 25.9 Å². The predicted molar refractivity (Wildman–Crippen MR) is 67.9 cm³/mol. The van der Waals surface area contributed by atoms with Crippen LogP contribution in [0.15, 0.2) is 10.6 Å². The third-order valence-corrected chi connectivity index (χ3v) is 3.73. The van der Waals surface area contributed by atoms with Gasteiger partial charge in [0.2, 0.25) is 0 Å². The fourth-order valence-electron chi connectivity index (χ4n) is 2.51. The molecule has 0 saturated carbocycles. The zero-order valence-electron chi connectivity index (χ0n) is 10.9. The molecule has 1 aromatic heterocycles. The van der Waals surface area contributed by atoms with Gasteiger partial charge in [-0.15, -0.1) is 0 Å². The quantitative estimate of drug-likeness (QED) is 0.848. The number of hydrogen-bond donors (Lipinski definition) is 1. The molecule has 0 aliphatic carbocycles. The Morgan fingerprint density at radius 2 is 2.47 bits per heavy atom. The first-order valence-electron chi connectivity index (χ1n) is 6.63. The molecule has 1 saturated heterocycles. The molecule has 96 valence electrons. The van der Waals surface area contributed by atoms with Crippen LogP contribution in [0.4, 0.5) is 0 Å². The summed E-state index contributed by atoms with van der Waals surface area (Å²) in [6.07, 6.45) is 5.33. The number of oxazole rings is 1. The second kappa shape index (κ2) is 5.65. The van der Waals surface area contributed by atoms with E-state index in [1.807, 2.05) is 6.20 Å². The Bertz CT molecular complexity index is 350. The number of nitrogens with two attached hydrogens (primary N) is 1. The zero-order valence-corrected chi connectivity index (χ0v) is 10.9. The van der Waals surface area contributed by atoms with Gasteiger partial charge >= 0.3 is 0 Å². The van der Waals surface area contributed by atoms with Gasteiger partial charge in [0.15, 0.2) is 5.89 Å². The largest absolute Gasteiger partial charge is 0.445 e. The fourth-order valence-corrected chi connectivity index (χ4v) is 2.51. The van der Waals surface area contributed by atoms with Crippen molar-refractivity contribution in [2.75, 3.05) is 19.6 Å². The number of likely N-dealkylation sites (tertiary alicyclic amines) is 1. The highest BCUT2D eigenvalue weighted by Crippen LogP contribution is 2.22. The van der Waals surface area contributed by atoms with E-state index in [1.54, 1.807) is 0 Å². The zero-order chi connectivity index (χ0) is 12.3. The Hall–Kier alpha value is -0.870. The van der Waals surface area contributed by atoms with Gasteiger partial charge in [-0.2, -0.15) is 0 Å². The molecule has 0 bridgehead atoms. The van der Waals surface area contributed by atoms with Crippen molar-refractivity contribution in [3.63, 3.8) is 0 Å². The van der Waals surface area contributed by atoms with Crippen LogP contribution in [-0.4, -0.2) is 35.6 Å². The molecule has 0 spiro atoms. The molecule has 2 unspecified atom stereocenters. The summed E-state index contributed by atoms with van der Waals surface area (Å²) in [6, 6.07) is 0.611. The smallest absolute Gasteiger partial charge is 0.195 e. The molecule has 2 N–H and O–H groups in total. The van der Waals surface area contributed by atoms with Crippen LogP contribution in [0.5, 0.6) is 0 Å². The lowest BCUT2D eigenvalue weighted by Crippen LogP contribution is -2.30. The minimum Gasteiger partial charge on any atom is -0.445 e. The predicted octanol–water partition coefficient (Wildman–Crippen LogP) is 1.76. The van der Waals surface area contributed by atoms with Crippen molar-refractivity contribution in [1.29, 1.82) is 0 Å². The molecule has 17 heavy (non-hydrogen) atoms. The molecular weight excluding hydrogens is 214 g/mol. The van der Waals surface area contributed by atoms with Crippen LogP contribution < -0.4 is 5.73 Å². The summed E-state index contributed by atoms with van der Waals surface area (Å²) in [4.78, 5) is 6.88. The summed E-state index contributed by atoms with van der Waals surface area (Å²) in [7, 11) is 0. The van der Waals surface area contributed by atoms with E-state index < -0.39 is 0 Å². The molecule has 2 heterocycles. The molecule has 0 aromatic carbocycles. The number of rotatable bonds is 5. The Morgan fingerprint density at radius 3 is 3.18 bits per heavy atom. The topological polar surface area (TPSA) is 55.3 Å². The van der Waals surface area contributed by atoms with Crippen molar-refractivity contribution in [3.8, 4) is 0 Å². The first kappa shape index (κ1) is 12.6. The minimum atomic E-state index is 0.266. The maximum atomic E-state index is 5.77. The molecule has 2 atom stereocenters. The van der Waals surface area contributed by atoms with Crippen molar-refractivity contribution in [1.82, 2.24) is 9.88 Å².